The summed E-state index contributed by atoms with van der Waals surface area (Å²) in [5.41, 5.74) is 1.32. The van der Waals surface area contributed by atoms with E-state index in [0.717, 1.165) is 11.3 Å². The van der Waals surface area contributed by atoms with Crippen LogP contribution in [0.3, 0.4) is 0 Å². The second-order valence-electron chi connectivity index (χ2n) is 7.56. The third-order valence-electron chi connectivity index (χ3n) is 5.54. The third-order valence-corrected chi connectivity index (χ3v) is 6.81. The first-order valence-electron chi connectivity index (χ1n) is 10.1. The highest BCUT2D eigenvalue weighted by Gasteiger charge is 2.48. The van der Waals surface area contributed by atoms with Gasteiger partial charge in [0.2, 0.25) is 0 Å². The minimum atomic E-state index is -0.952. The van der Waals surface area contributed by atoms with E-state index in [0.29, 0.717) is 32.1 Å². The van der Waals surface area contributed by atoms with Gasteiger partial charge in [0.15, 0.2) is 5.13 Å². The Hall–Kier alpha value is -3.75. The van der Waals surface area contributed by atoms with E-state index < -0.39 is 23.5 Å². The van der Waals surface area contributed by atoms with Crippen LogP contribution in [-0.4, -0.2) is 28.9 Å². The summed E-state index contributed by atoms with van der Waals surface area (Å²) in [6, 6.07) is 16.3. The monoisotopic (exact) mass is 494 g/mol. The number of hydrogen-bond donors (Lipinski definition) is 1. The fraction of sp³-hybridized carbons (Fsp3) is 0.0800. The van der Waals surface area contributed by atoms with Crippen LogP contribution in [0.15, 0.2) is 72.3 Å². The summed E-state index contributed by atoms with van der Waals surface area (Å²) in [4.78, 5) is 32.1. The van der Waals surface area contributed by atoms with Crippen LogP contribution < -0.4 is 9.64 Å². The molecule has 9 heteroatoms. The maximum atomic E-state index is 13.7. The van der Waals surface area contributed by atoms with Crippen LogP contribution in [0.2, 0.25) is 5.02 Å². The Morgan fingerprint density at radius 1 is 1.09 bits per heavy atom. The normalized spacial score (nSPS) is 17.5. The SMILES string of the molecule is COc1ccc(C2/C(=C(\O)c3ccc(Cl)cc3)C(=O)C(=O)N2c2nc3ccc(F)cc3s2)cc1. The van der Waals surface area contributed by atoms with Crippen molar-refractivity contribution in [2.45, 2.75) is 6.04 Å². The molecule has 1 aliphatic rings. The molecule has 1 aliphatic heterocycles. The molecule has 4 aromatic rings. The summed E-state index contributed by atoms with van der Waals surface area (Å²) in [7, 11) is 1.53. The number of rotatable bonds is 4. The number of fused-ring (bicyclic) bond motifs is 1. The molecule has 0 bridgehead atoms. The summed E-state index contributed by atoms with van der Waals surface area (Å²) < 4.78 is 19.5. The highest BCUT2D eigenvalue weighted by molar-refractivity contribution is 7.22. The smallest absolute Gasteiger partial charge is 0.301 e. The molecule has 3 aromatic carbocycles. The van der Waals surface area contributed by atoms with Crippen molar-refractivity contribution in [2.24, 2.45) is 0 Å². The molecule has 0 spiro atoms. The van der Waals surface area contributed by atoms with Gasteiger partial charge in [-0.1, -0.05) is 35.1 Å². The van der Waals surface area contributed by atoms with Gasteiger partial charge in [0.1, 0.15) is 17.3 Å². The topological polar surface area (TPSA) is 79.7 Å². The van der Waals surface area contributed by atoms with Gasteiger partial charge in [-0.2, -0.15) is 0 Å². The zero-order chi connectivity index (χ0) is 24.0. The van der Waals surface area contributed by atoms with Gasteiger partial charge in [-0.05, 0) is 60.2 Å². The molecule has 1 amide bonds. The fourth-order valence-corrected chi connectivity index (χ4v) is 5.03. The van der Waals surface area contributed by atoms with Crippen LogP contribution in [0, 0.1) is 5.82 Å². The zero-order valence-corrected chi connectivity index (χ0v) is 19.2. The maximum Gasteiger partial charge on any atom is 0.301 e. The van der Waals surface area contributed by atoms with Gasteiger partial charge in [0, 0.05) is 10.6 Å². The number of ether oxygens (including phenoxy) is 1. The van der Waals surface area contributed by atoms with Gasteiger partial charge in [-0.15, -0.1) is 0 Å². The Morgan fingerprint density at radius 2 is 1.79 bits per heavy atom. The zero-order valence-electron chi connectivity index (χ0n) is 17.7. The summed E-state index contributed by atoms with van der Waals surface area (Å²) in [6.45, 7) is 0. The van der Waals surface area contributed by atoms with Crippen molar-refractivity contribution >= 4 is 55.7 Å². The van der Waals surface area contributed by atoms with Crippen LogP contribution in [0.5, 0.6) is 5.75 Å². The Morgan fingerprint density at radius 3 is 2.47 bits per heavy atom. The molecule has 1 N–H and O–H groups in total. The molecular formula is C25H16ClFN2O4S. The molecule has 0 saturated carbocycles. The van der Waals surface area contributed by atoms with E-state index in [1.165, 1.54) is 30.2 Å². The molecule has 170 valence electrons. The van der Waals surface area contributed by atoms with Crippen molar-refractivity contribution in [2.75, 3.05) is 12.0 Å². The number of aromatic nitrogens is 1. The average Bonchev–Trinajstić information content (AvgIpc) is 3.37. The molecule has 0 aliphatic carbocycles. The van der Waals surface area contributed by atoms with Gasteiger partial charge < -0.3 is 9.84 Å². The fourth-order valence-electron chi connectivity index (χ4n) is 3.88. The molecule has 1 fully saturated rings. The molecule has 2 heterocycles. The Bertz CT molecular complexity index is 1460. The number of aliphatic hydroxyl groups is 1. The highest BCUT2D eigenvalue weighted by atomic mass is 35.5. The summed E-state index contributed by atoms with van der Waals surface area (Å²) in [6.07, 6.45) is 0. The van der Waals surface area contributed by atoms with Crippen molar-refractivity contribution in [3.63, 3.8) is 0 Å². The number of ketones is 1. The molecule has 6 nitrogen and oxygen atoms in total. The number of halogens is 2. The molecule has 1 saturated heterocycles. The van der Waals surface area contributed by atoms with E-state index in [2.05, 4.69) is 4.98 Å². The summed E-state index contributed by atoms with van der Waals surface area (Å²) >= 11 is 7.05. The van der Waals surface area contributed by atoms with E-state index >= 15 is 0 Å². The first-order chi connectivity index (χ1) is 16.4. The van der Waals surface area contributed by atoms with Gasteiger partial charge in [-0.25, -0.2) is 9.37 Å². The van der Waals surface area contributed by atoms with Gasteiger partial charge in [0.25, 0.3) is 5.78 Å². The van der Waals surface area contributed by atoms with Gasteiger partial charge in [0.05, 0.1) is 28.9 Å². The van der Waals surface area contributed by atoms with Crippen molar-refractivity contribution in [1.29, 1.82) is 0 Å². The summed E-state index contributed by atoms with van der Waals surface area (Å²) in [5.74, 6) is -1.85. The third kappa shape index (κ3) is 3.70. The number of anilines is 1. The molecular weight excluding hydrogens is 479 g/mol. The molecule has 1 aromatic heterocycles. The first-order valence-corrected chi connectivity index (χ1v) is 11.3. The van der Waals surface area contributed by atoms with Crippen molar-refractivity contribution in [1.82, 2.24) is 4.98 Å². The maximum absolute atomic E-state index is 13.7. The lowest BCUT2D eigenvalue weighted by Gasteiger charge is -2.23. The number of carbonyl (C=O) groups is 2. The number of carbonyl (C=O) groups excluding carboxylic acids is 2. The van der Waals surface area contributed by atoms with E-state index in [4.69, 9.17) is 16.3 Å². The van der Waals surface area contributed by atoms with Crippen LogP contribution in [-0.2, 0) is 9.59 Å². The molecule has 0 radical (unpaired) electrons. The number of aliphatic hydroxyl groups excluding tert-OH is 1. The van der Waals surface area contributed by atoms with E-state index in [9.17, 15) is 19.1 Å². The Balaban J connectivity index is 1.72. The largest absolute Gasteiger partial charge is 0.507 e. The van der Waals surface area contributed by atoms with Gasteiger partial charge >= 0.3 is 5.91 Å². The van der Waals surface area contributed by atoms with E-state index in [1.807, 2.05) is 0 Å². The Kier molecular flexibility index (Phi) is 5.55. The standard InChI is InChI=1S/C25H16ClFN2O4S/c1-33-17-9-4-13(5-10-17)21-20(22(30)14-2-6-15(26)7-3-14)23(31)24(32)29(21)25-28-18-11-8-16(27)12-19(18)34-25/h2-12,21,30H,1H3/b22-20+. The van der Waals surface area contributed by atoms with Crippen LogP contribution in [0.4, 0.5) is 9.52 Å². The molecule has 1 unspecified atom stereocenters. The van der Waals surface area contributed by atoms with E-state index in [-0.39, 0.29) is 16.5 Å². The molecule has 1 atom stereocenters. The summed E-state index contributed by atoms with van der Waals surface area (Å²) in [5, 5.41) is 11.8. The lowest BCUT2D eigenvalue weighted by Crippen LogP contribution is -2.29. The predicted octanol–water partition coefficient (Wildman–Crippen LogP) is 5.72. The lowest BCUT2D eigenvalue weighted by atomic mass is 9.95. The average molecular weight is 495 g/mol. The Labute approximate surface area is 202 Å². The number of hydrogen-bond acceptors (Lipinski definition) is 6. The first kappa shape index (κ1) is 22.1. The second kappa shape index (κ2) is 8.55. The highest BCUT2D eigenvalue weighted by Crippen LogP contribution is 2.44. The number of amides is 1. The number of Topliss-reactive ketones (excluding diaryl/α,β-unsaturated/α-hetero) is 1. The number of nitrogens with zero attached hydrogens (tertiary/aromatic N) is 2. The molecule has 5 rings (SSSR count). The number of benzene rings is 3. The van der Waals surface area contributed by atoms with Gasteiger partial charge in [-0.3, -0.25) is 14.5 Å². The minimum Gasteiger partial charge on any atom is -0.507 e. The number of thiazole rings is 1. The molecule has 34 heavy (non-hydrogen) atoms. The number of methoxy groups -OCH3 is 1. The van der Waals surface area contributed by atoms with Crippen LogP contribution in [0.1, 0.15) is 17.2 Å². The van der Waals surface area contributed by atoms with Crippen molar-refractivity contribution in [3.8, 4) is 5.75 Å². The van der Waals surface area contributed by atoms with Crippen molar-refractivity contribution in [3.05, 3.63) is 94.3 Å². The lowest BCUT2D eigenvalue weighted by molar-refractivity contribution is -0.132. The van der Waals surface area contributed by atoms with Crippen molar-refractivity contribution < 1.29 is 23.8 Å². The van der Waals surface area contributed by atoms with Crippen LogP contribution >= 0.6 is 22.9 Å². The second-order valence-corrected chi connectivity index (χ2v) is 9.00. The van der Waals surface area contributed by atoms with E-state index in [1.54, 1.807) is 48.5 Å². The predicted molar refractivity (Wildman–Crippen MR) is 129 cm³/mol. The van der Waals surface area contributed by atoms with Crippen LogP contribution in [0.25, 0.3) is 16.0 Å². The quantitative estimate of drug-likeness (QED) is 0.223. The minimum absolute atomic E-state index is 0.0806.